The standard InChI is InChI=1S/C13H16BrNO/c1-9-6-7-12(14)11(8-9)13(16)15-10-4-2-3-5-10/h6-8,10H,2-5H2,1H3,(H,15,16). The van der Waals surface area contributed by atoms with E-state index in [2.05, 4.69) is 21.2 Å². The lowest BCUT2D eigenvalue weighted by atomic mass is 10.1. The van der Waals surface area contributed by atoms with Crippen LogP contribution in [-0.2, 0) is 0 Å². The molecular weight excluding hydrogens is 266 g/mol. The van der Waals surface area contributed by atoms with Crippen molar-refractivity contribution < 1.29 is 4.79 Å². The van der Waals surface area contributed by atoms with Crippen molar-refractivity contribution in [2.45, 2.75) is 38.6 Å². The van der Waals surface area contributed by atoms with Gasteiger partial charge in [0.05, 0.1) is 5.56 Å². The summed E-state index contributed by atoms with van der Waals surface area (Å²) in [7, 11) is 0. The van der Waals surface area contributed by atoms with Crippen LogP contribution < -0.4 is 5.32 Å². The van der Waals surface area contributed by atoms with Crippen molar-refractivity contribution in [3.05, 3.63) is 33.8 Å². The van der Waals surface area contributed by atoms with Gasteiger partial charge >= 0.3 is 0 Å². The van der Waals surface area contributed by atoms with Crippen molar-refractivity contribution in [3.63, 3.8) is 0 Å². The van der Waals surface area contributed by atoms with Crippen molar-refractivity contribution in [1.29, 1.82) is 0 Å². The molecule has 1 aromatic rings. The number of rotatable bonds is 2. The Morgan fingerprint density at radius 3 is 2.75 bits per heavy atom. The van der Waals surface area contributed by atoms with Crippen LogP contribution in [0.4, 0.5) is 0 Å². The first-order chi connectivity index (χ1) is 7.66. The zero-order valence-electron chi connectivity index (χ0n) is 9.42. The summed E-state index contributed by atoms with van der Waals surface area (Å²) in [5, 5.41) is 3.09. The van der Waals surface area contributed by atoms with Gasteiger partial charge in [0.1, 0.15) is 0 Å². The fourth-order valence-corrected chi connectivity index (χ4v) is 2.57. The molecule has 1 fully saturated rings. The first kappa shape index (κ1) is 11.6. The molecule has 2 nitrogen and oxygen atoms in total. The van der Waals surface area contributed by atoms with Gasteiger partial charge in [0, 0.05) is 10.5 Å². The third kappa shape index (κ3) is 2.64. The summed E-state index contributed by atoms with van der Waals surface area (Å²) in [6.45, 7) is 2.00. The van der Waals surface area contributed by atoms with Gasteiger partial charge < -0.3 is 5.32 Å². The lowest BCUT2D eigenvalue weighted by Crippen LogP contribution is -2.32. The highest BCUT2D eigenvalue weighted by Crippen LogP contribution is 2.21. The molecule has 0 bridgehead atoms. The minimum Gasteiger partial charge on any atom is -0.349 e. The predicted octanol–water partition coefficient (Wildman–Crippen LogP) is 3.43. The van der Waals surface area contributed by atoms with E-state index >= 15 is 0 Å². The second kappa shape index (κ2) is 5.00. The van der Waals surface area contributed by atoms with Crippen LogP contribution in [0, 0.1) is 6.92 Å². The number of halogens is 1. The van der Waals surface area contributed by atoms with Gasteiger partial charge in [-0.1, -0.05) is 24.5 Å². The minimum atomic E-state index is 0.0440. The number of aryl methyl sites for hydroxylation is 1. The molecule has 1 N–H and O–H groups in total. The van der Waals surface area contributed by atoms with E-state index in [0.29, 0.717) is 6.04 Å². The van der Waals surface area contributed by atoms with E-state index in [-0.39, 0.29) is 5.91 Å². The van der Waals surface area contributed by atoms with Crippen LogP contribution in [0.2, 0.25) is 0 Å². The lowest BCUT2D eigenvalue weighted by Gasteiger charge is -2.13. The zero-order valence-corrected chi connectivity index (χ0v) is 11.0. The quantitative estimate of drug-likeness (QED) is 0.884. The van der Waals surface area contributed by atoms with Gasteiger partial charge in [0.15, 0.2) is 0 Å². The molecule has 3 heteroatoms. The van der Waals surface area contributed by atoms with E-state index in [9.17, 15) is 4.79 Å². The topological polar surface area (TPSA) is 29.1 Å². The summed E-state index contributed by atoms with van der Waals surface area (Å²) in [4.78, 5) is 12.0. The molecule has 1 aliphatic carbocycles. The average Bonchev–Trinajstić information content (AvgIpc) is 2.74. The smallest absolute Gasteiger partial charge is 0.252 e. The predicted molar refractivity (Wildman–Crippen MR) is 68.6 cm³/mol. The third-order valence-corrected chi connectivity index (χ3v) is 3.75. The first-order valence-electron chi connectivity index (χ1n) is 5.74. The highest BCUT2D eigenvalue weighted by atomic mass is 79.9. The molecule has 16 heavy (non-hydrogen) atoms. The van der Waals surface area contributed by atoms with Gasteiger partial charge in [-0.05, 0) is 47.8 Å². The highest BCUT2D eigenvalue weighted by molar-refractivity contribution is 9.10. The van der Waals surface area contributed by atoms with Gasteiger partial charge in [0.25, 0.3) is 5.91 Å². The third-order valence-electron chi connectivity index (χ3n) is 3.06. The Morgan fingerprint density at radius 1 is 1.38 bits per heavy atom. The van der Waals surface area contributed by atoms with E-state index in [1.807, 2.05) is 25.1 Å². The first-order valence-corrected chi connectivity index (χ1v) is 6.53. The average molecular weight is 282 g/mol. The summed E-state index contributed by atoms with van der Waals surface area (Å²) in [5.74, 6) is 0.0440. The summed E-state index contributed by atoms with van der Waals surface area (Å²) < 4.78 is 0.869. The van der Waals surface area contributed by atoms with E-state index < -0.39 is 0 Å². The number of amides is 1. The van der Waals surface area contributed by atoms with Crippen molar-refractivity contribution >= 4 is 21.8 Å². The van der Waals surface area contributed by atoms with Gasteiger partial charge in [-0.2, -0.15) is 0 Å². The molecule has 2 rings (SSSR count). The maximum Gasteiger partial charge on any atom is 0.252 e. The minimum absolute atomic E-state index is 0.0440. The summed E-state index contributed by atoms with van der Waals surface area (Å²) in [5.41, 5.74) is 1.85. The van der Waals surface area contributed by atoms with Crippen LogP contribution in [0.15, 0.2) is 22.7 Å². The molecule has 1 aromatic carbocycles. The fourth-order valence-electron chi connectivity index (χ4n) is 2.15. The van der Waals surface area contributed by atoms with Gasteiger partial charge in [-0.15, -0.1) is 0 Å². The zero-order chi connectivity index (χ0) is 11.5. The van der Waals surface area contributed by atoms with E-state index in [1.165, 1.54) is 12.8 Å². The number of benzene rings is 1. The highest BCUT2D eigenvalue weighted by Gasteiger charge is 2.19. The van der Waals surface area contributed by atoms with Crippen molar-refractivity contribution in [2.24, 2.45) is 0 Å². The summed E-state index contributed by atoms with van der Waals surface area (Å²) in [6, 6.07) is 6.23. The van der Waals surface area contributed by atoms with E-state index in [0.717, 1.165) is 28.4 Å². The fraction of sp³-hybridized carbons (Fsp3) is 0.462. The van der Waals surface area contributed by atoms with Gasteiger partial charge in [-0.3, -0.25) is 4.79 Å². The molecule has 0 spiro atoms. The number of nitrogens with one attached hydrogen (secondary N) is 1. The molecule has 0 radical (unpaired) electrons. The number of hydrogen-bond donors (Lipinski definition) is 1. The molecule has 1 saturated carbocycles. The van der Waals surface area contributed by atoms with Crippen molar-refractivity contribution in [2.75, 3.05) is 0 Å². The normalized spacial score (nSPS) is 16.4. The molecule has 0 aliphatic heterocycles. The Labute approximate surface area is 105 Å². The second-order valence-corrected chi connectivity index (χ2v) is 5.29. The largest absolute Gasteiger partial charge is 0.349 e. The van der Waals surface area contributed by atoms with E-state index in [1.54, 1.807) is 0 Å². The van der Waals surface area contributed by atoms with Gasteiger partial charge in [0.2, 0.25) is 0 Å². The Hall–Kier alpha value is -0.830. The molecule has 0 atom stereocenters. The van der Waals surface area contributed by atoms with Crippen LogP contribution in [0.1, 0.15) is 41.6 Å². The number of carbonyl (C=O) groups is 1. The molecule has 1 aliphatic rings. The number of carbonyl (C=O) groups excluding carboxylic acids is 1. The van der Waals surface area contributed by atoms with Crippen LogP contribution >= 0.6 is 15.9 Å². The van der Waals surface area contributed by atoms with Crippen molar-refractivity contribution in [1.82, 2.24) is 5.32 Å². The lowest BCUT2D eigenvalue weighted by molar-refractivity contribution is 0.0937. The van der Waals surface area contributed by atoms with Crippen LogP contribution in [-0.4, -0.2) is 11.9 Å². The molecule has 86 valence electrons. The summed E-state index contributed by atoms with van der Waals surface area (Å²) >= 11 is 3.42. The van der Waals surface area contributed by atoms with Crippen LogP contribution in [0.3, 0.4) is 0 Å². The molecule has 0 aromatic heterocycles. The van der Waals surface area contributed by atoms with Crippen LogP contribution in [0.25, 0.3) is 0 Å². The Bertz CT molecular complexity index is 397. The Balaban J connectivity index is 2.10. The molecule has 0 unspecified atom stereocenters. The van der Waals surface area contributed by atoms with Crippen LogP contribution in [0.5, 0.6) is 0 Å². The Morgan fingerprint density at radius 2 is 2.06 bits per heavy atom. The summed E-state index contributed by atoms with van der Waals surface area (Å²) in [6.07, 6.45) is 4.71. The maximum atomic E-state index is 12.0. The Kier molecular flexibility index (Phi) is 3.64. The number of hydrogen-bond acceptors (Lipinski definition) is 1. The molecular formula is C13H16BrNO. The molecule has 0 heterocycles. The van der Waals surface area contributed by atoms with E-state index in [4.69, 9.17) is 0 Å². The molecule has 0 saturated heterocycles. The maximum absolute atomic E-state index is 12.0. The molecule has 1 amide bonds. The monoisotopic (exact) mass is 281 g/mol. The SMILES string of the molecule is Cc1ccc(Br)c(C(=O)NC2CCCC2)c1. The van der Waals surface area contributed by atoms with Crippen molar-refractivity contribution in [3.8, 4) is 0 Å². The second-order valence-electron chi connectivity index (χ2n) is 4.44. The van der Waals surface area contributed by atoms with Gasteiger partial charge in [-0.25, -0.2) is 0 Å².